The number of hydrogen-bond acceptors (Lipinski definition) is 6. The predicted octanol–water partition coefficient (Wildman–Crippen LogP) is 4.12. The van der Waals surface area contributed by atoms with Crippen molar-refractivity contribution in [3.05, 3.63) is 52.7 Å². The third-order valence-electron chi connectivity index (χ3n) is 7.15. The molecule has 1 fully saturated rings. The number of quaternary nitrogens is 1. The van der Waals surface area contributed by atoms with Crippen LogP contribution in [0.2, 0.25) is 0 Å². The molecule has 2 unspecified atom stereocenters. The number of rotatable bonds is 8. The molecule has 3 heterocycles. The number of nitrogens with one attached hydrogen (secondary N) is 1. The van der Waals surface area contributed by atoms with Gasteiger partial charge in [0, 0.05) is 54.4 Å². The van der Waals surface area contributed by atoms with Crippen LogP contribution in [0.25, 0.3) is 10.9 Å². The first-order chi connectivity index (χ1) is 16.3. The van der Waals surface area contributed by atoms with Gasteiger partial charge in [0.15, 0.2) is 11.5 Å². The summed E-state index contributed by atoms with van der Waals surface area (Å²) in [6.07, 6.45) is 4.41. The van der Waals surface area contributed by atoms with E-state index in [0.717, 1.165) is 52.8 Å². The third-order valence-corrected chi connectivity index (χ3v) is 7.15. The van der Waals surface area contributed by atoms with Gasteiger partial charge in [0.05, 0.1) is 31.6 Å². The van der Waals surface area contributed by atoms with E-state index in [0.29, 0.717) is 13.0 Å². The second-order valence-corrected chi connectivity index (χ2v) is 9.39. The van der Waals surface area contributed by atoms with Crippen molar-refractivity contribution in [3.8, 4) is 0 Å². The molecule has 1 saturated heterocycles. The molecule has 0 radical (unpaired) electrons. The van der Waals surface area contributed by atoms with Crippen LogP contribution in [0.4, 0.5) is 23.0 Å². The Bertz CT molecular complexity index is 1190. The van der Waals surface area contributed by atoms with Gasteiger partial charge in [-0.15, -0.1) is 0 Å². The molecule has 0 aliphatic carbocycles. The summed E-state index contributed by atoms with van der Waals surface area (Å²) in [7, 11) is 4.37. The molecule has 9 heteroatoms. The molecule has 0 amide bonds. The summed E-state index contributed by atoms with van der Waals surface area (Å²) >= 11 is 0. The van der Waals surface area contributed by atoms with E-state index >= 15 is 0 Å². The molecule has 0 bridgehead atoms. The van der Waals surface area contributed by atoms with E-state index in [1.54, 1.807) is 12.1 Å². The maximum absolute atomic E-state index is 12.2. The van der Waals surface area contributed by atoms with Gasteiger partial charge >= 0.3 is 0 Å². The van der Waals surface area contributed by atoms with Crippen LogP contribution in [-0.4, -0.2) is 67.0 Å². The lowest BCUT2D eigenvalue weighted by molar-refractivity contribution is -0.384. The van der Waals surface area contributed by atoms with Crippen molar-refractivity contribution in [2.24, 2.45) is 0 Å². The summed E-state index contributed by atoms with van der Waals surface area (Å²) in [5, 5.41) is 11.9. The summed E-state index contributed by atoms with van der Waals surface area (Å²) in [4.78, 5) is 35.4. The second kappa shape index (κ2) is 9.42. The summed E-state index contributed by atoms with van der Waals surface area (Å²) in [6.45, 7) is 6.76. The molecule has 4 rings (SSSR count). The largest absolute Gasteiger partial charge is 0.349 e. The predicted molar refractivity (Wildman–Crippen MR) is 137 cm³/mol. The second-order valence-electron chi connectivity index (χ2n) is 9.39. The number of pyridine rings is 1. The Kier molecular flexibility index (Phi) is 6.56. The number of aromatic nitrogens is 2. The molecular weight excluding hydrogens is 432 g/mol. The van der Waals surface area contributed by atoms with E-state index in [2.05, 4.69) is 48.8 Å². The highest BCUT2D eigenvalue weighted by Gasteiger charge is 2.35. The van der Waals surface area contributed by atoms with Gasteiger partial charge in [0.25, 0.3) is 5.69 Å². The Morgan fingerprint density at radius 1 is 1.29 bits per heavy atom. The van der Waals surface area contributed by atoms with Crippen LogP contribution in [0.15, 0.2) is 42.6 Å². The number of nitro benzene ring substituents is 1. The van der Waals surface area contributed by atoms with E-state index < -0.39 is 4.92 Å². The number of hydrogen-bond donors (Lipinski definition) is 1. The van der Waals surface area contributed by atoms with Crippen LogP contribution < -0.4 is 14.3 Å². The van der Waals surface area contributed by atoms with Gasteiger partial charge in [-0.3, -0.25) is 14.6 Å². The van der Waals surface area contributed by atoms with Gasteiger partial charge in [-0.25, -0.2) is 4.98 Å². The molecule has 2 atom stereocenters. The lowest BCUT2D eigenvalue weighted by Crippen LogP contribution is -2.52. The Hall–Kier alpha value is -3.46. The van der Waals surface area contributed by atoms with Crippen molar-refractivity contribution < 1.29 is 9.72 Å². The number of nitro groups is 1. The number of piperidine rings is 1. The summed E-state index contributed by atoms with van der Waals surface area (Å²) in [5.74, 6) is 1.80. The van der Waals surface area contributed by atoms with Crippen LogP contribution in [0.3, 0.4) is 0 Å². The number of carbonyl (C=O) groups excluding carboxylic acids is 1. The number of non-ortho nitro benzene ring substituents is 1. The van der Waals surface area contributed by atoms with Gasteiger partial charge in [0.2, 0.25) is 0 Å². The first-order valence-electron chi connectivity index (χ1n) is 11.8. The van der Waals surface area contributed by atoms with E-state index in [1.165, 1.54) is 11.8 Å². The molecule has 180 valence electrons. The van der Waals surface area contributed by atoms with Crippen LogP contribution >= 0.6 is 0 Å². The highest BCUT2D eigenvalue weighted by Crippen LogP contribution is 2.35. The average Bonchev–Trinajstić information content (AvgIpc) is 3.27. The Balaban J connectivity index is 1.60. The monoisotopic (exact) mass is 465 g/mol. The van der Waals surface area contributed by atoms with Gasteiger partial charge in [-0.2, -0.15) is 0 Å². The Morgan fingerprint density at radius 3 is 2.76 bits per heavy atom. The summed E-state index contributed by atoms with van der Waals surface area (Å²) in [6, 6.07) is 10.7. The maximum atomic E-state index is 12.2. The van der Waals surface area contributed by atoms with Gasteiger partial charge in [-0.05, 0) is 44.9 Å². The summed E-state index contributed by atoms with van der Waals surface area (Å²) < 4.78 is 0.733. The normalized spacial score (nSPS) is 18.8. The number of nitrogens with zero attached hydrogens (tertiary/aromatic N) is 5. The first kappa shape index (κ1) is 23.7. The van der Waals surface area contributed by atoms with Gasteiger partial charge < -0.3 is 19.6 Å². The SMILES string of the molecule is CCN(c1ncccc1[N+](C)(C)CC)C1CCN(c2cc3cc([N+](=O)[O-])ccc3[nH]2)C(C=O)C1. The zero-order valence-corrected chi connectivity index (χ0v) is 20.3. The third kappa shape index (κ3) is 4.35. The van der Waals surface area contributed by atoms with Gasteiger partial charge in [-0.1, -0.05) is 0 Å². The lowest BCUT2D eigenvalue weighted by atomic mass is 9.96. The molecule has 1 aromatic carbocycles. The quantitative estimate of drug-likeness (QED) is 0.233. The van der Waals surface area contributed by atoms with E-state index in [-0.39, 0.29) is 17.8 Å². The Labute approximate surface area is 199 Å². The maximum Gasteiger partial charge on any atom is 0.270 e. The van der Waals surface area contributed by atoms with Crippen molar-refractivity contribution in [1.29, 1.82) is 0 Å². The van der Waals surface area contributed by atoms with Crippen LogP contribution in [0.1, 0.15) is 26.7 Å². The molecule has 9 nitrogen and oxygen atoms in total. The number of H-pyrrole nitrogens is 1. The molecule has 3 aromatic rings. The van der Waals surface area contributed by atoms with Crippen molar-refractivity contribution >= 4 is 40.2 Å². The minimum atomic E-state index is -0.393. The van der Waals surface area contributed by atoms with E-state index in [4.69, 9.17) is 4.98 Å². The molecule has 1 N–H and O–H groups in total. The number of fused-ring (bicyclic) bond motifs is 1. The molecule has 1 aliphatic rings. The molecule has 0 saturated carbocycles. The molecule has 34 heavy (non-hydrogen) atoms. The number of anilines is 2. The number of benzene rings is 1. The van der Waals surface area contributed by atoms with E-state index in [1.807, 2.05) is 18.3 Å². The highest BCUT2D eigenvalue weighted by atomic mass is 16.6. The number of aromatic amines is 1. The topological polar surface area (TPSA) is 95.4 Å². The summed E-state index contributed by atoms with van der Waals surface area (Å²) in [5.41, 5.74) is 2.05. The Morgan fingerprint density at radius 2 is 2.09 bits per heavy atom. The number of aldehydes is 1. The van der Waals surface area contributed by atoms with Crippen LogP contribution in [-0.2, 0) is 4.79 Å². The average molecular weight is 466 g/mol. The fraction of sp³-hybridized carbons (Fsp3) is 0.440. The van der Waals surface area contributed by atoms with Crippen molar-refractivity contribution in [3.63, 3.8) is 0 Å². The first-order valence-corrected chi connectivity index (χ1v) is 11.8. The molecule has 0 spiro atoms. The zero-order valence-electron chi connectivity index (χ0n) is 20.3. The molecule has 2 aromatic heterocycles. The fourth-order valence-corrected chi connectivity index (χ4v) is 4.90. The molecular formula is C25H33N6O3+. The van der Waals surface area contributed by atoms with Crippen molar-refractivity contribution in [2.45, 2.75) is 38.8 Å². The smallest absolute Gasteiger partial charge is 0.270 e. The fourth-order valence-electron chi connectivity index (χ4n) is 4.90. The van der Waals surface area contributed by atoms with Crippen molar-refractivity contribution in [1.82, 2.24) is 14.5 Å². The standard InChI is InChI=1S/C25H33N6O3/c1-5-28(25-23(8-7-12-26-25)31(3,4)6-2)19-11-13-29(21(16-19)17-32)24-15-18-14-20(30(33)34)9-10-22(18)27-24/h7-10,12,14-15,17,19,21,27H,5-6,11,13,16H2,1-4H3/q+1. The minimum Gasteiger partial charge on any atom is -0.349 e. The minimum absolute atomic E-state index is 0.0573. The van der Waals surface area contributed by atoms with Crippen LogP contribution in [0.5, 0.6) is 0 Å². The lowest BCUT2D eigenvalue weighted by Gasteiger charge is -2.43. The highest BCUT2D eigenvalue weighted by molar-refractivity contribution is 5.86. The molecule has 1 aliphatic heterocycles. The zero-order chi connectivity index (χ0) is 24.5. The van der Waals surface area contributed by atoms with E-state index in [9.17, 15) is 14.9 Å². The number of carbonyl (C=O) groups is 1. The van der Waals surface area contributed by atoms with Gasteiger partial charge in [0.1, 0.15) is 12.1 Å². The van der Waals surface area contributed by atoms with Crippen LogP contribution in [0, 0.1) is 10.1 Å². The van der Waals surface area contributed by atoms with Crippen molar-refractivity contribution in [2.75, 3.05) is 43.5 Å².